The van der Waals surface area contributed by atoms with E-state index < -0.39 is 5.91 Å². The van der Waals surface area contributed by atoms with Crippen molar-refractivity contribution >= 4 is 34.8 Å². The molecule has 2 aromatic carbocycles. The van der Waals surface area contributed by atoms with E-state index in [4.69, 9.17) is 38.4 Å². The Balaban J connectivity index is 2.06. The zero-order chi connectivity index (χ0) is 16.8. The highest BCUT2D eigenvalue weighted by molar-refractivity contribution is 6.36. The van der Waals surface area contributed by atoms with Gasteiger partial charge in [0, 0.05) is 11.6 Å². The molecule has 0 aliphatic heterocycles. The van der Waals surface area contributed by atoms with Crippen LogP contribution in [0.25, 0.3) is 0 Å². The molecule has 0 fully saturated rings. The summed E-state index contributed by atoms with van der Waals surface area (Å²) in [4.78, 5) is 10.8. The number of amides is 1. The molecule has 0 saturated heterocycles. The maximum atomic E-state index is 10.8. The van der Waals surface area contributed by atoms with Crippen LogP contribution in [-0.2, 0) is 11.3 Å². The number of nitrogens with one attached hydrogen (secondary N) is 1. The van der Waals surface area contributed by atoms with Crippen LogP contribution in [0.2, 0.25) is 10.0 Å². The van der Waals surface area contributed by atoms with Gasteiger partial charge in [-0.15, -0.1) is 0 Å². The van der Waals surface area contributed by atoms with Crippen molar-refractivity contribution in [1.29, 1.82) is 0 Å². The zero-order valence-corrected chi connectivity index (χ0v) is 13.9. The summed E-state index contributed by atoms with van der Waals surface area (Å²) in [5.74, 6) is 0.433. The minimum atomic E-state index is -0.546. The van der Waals surface area contributed by atoms with Crippen molar-refractivity contribution in [3.63, 3.8) is 0 Å². The Labute approximate surface area is 144 Å². The van der Waals surface area contributed by atoms with Crippen molar-refractivity contribution in [1.82, 2.24) is 0 Å². The third-order valence-electron chi connectivity index (χ3n) is 3.01. The Morgan fingerprint density at radius 3 is 2.61 bits per heavy atom. The predicted octanol–water partition coefficient (Wildman–Crippen LogP) is 3.48. The van der Waals surface area contributed by atoms with E-state index in [0.717, 1.165) is 11.3 Å². The molecular weight excluding hydrogens is 339 g/mol. The molecule has 2 aromatic rings. The first-order valence-electron chi connectivity index (χ1n) is 6.76. The summed E-state index contributed by atoms with van der Waals surface area (Å²) < 4.78 is 10.5. The van der Waals surface area contributed by atoms with Crippen molar-refractivity contribution in [2.45, 2.75) is 6.54 Å². The van der Waals surface area contributed by atoms with Crippen LogP contribution >= 0.6 is 23.2 Å². The molecule has 23 heavy (non-hydrogen) atoms. The Kier molecular flexibility index (Phi) is 5.96. The maximum Gasteiger partial charge on any atom is 0.255 e. The van der Waals surface area contributed by atoms with Crippen molar-refractivity contribution in [3.8, 4) is 11.5 Å². The second-order valence-electron chi connectivity index (χ2n) is 4.72. The van der Waals surface area contributed by atoms with Crippen LogP contribution in [0.5, 0.6) is 11.5 Å². The number of nitrogens with two attached hydrogens (primary N) is 1. The van der Waals surface area contributed by atoms with Gasteiger partial charge in [0.1, 0.15) is 0 Å². The van der Waals surface area contributed by atoms with E-state index in [1.807, 2.05) is 18.2 Å². The molecule has 0 bridgehead atoms. The fourth-order valence-corrected chi connectivity index (χ4v) is 2.40. The highest BCUT2D eigenvalue weighted by atomic mass is 35.5. The third kappa shape index (κ3) is 4.94. The lowest BCUT2D eigenvalue weighted by Crippen LogP contribution is -2.20. The Hall–Kier alpha value is -2.11. The van der Waals surface area contributed by atoms with Crippen LogP contribution in [0, 0.1) is 0 Å². The third-order valence-corrected chi connectivity index (χ3v) is 3.56. The van der Waals surface area contributed by atoms with Crippen molar-refractivity contribution in [3.05, 3.63) is 52.0 Å². The first kappa shape index (κ1) is 17.2. The zero-order valence-electron chi connectivity index (χ0n) is 12.4. The molecule has 5 nitrogen and oxygen atoms in total. The molecule has 122 valence electrons. The average molecular weight is 355 g/mol. The number of rotatable bonds is 7. The van der Waals surface area contributed by atoms with Gasteiger partial charge >= 0.3 is 0 Å². The second-order valence-corrected chi connectivity index (χ2v) is 5.56. The lowest BCUT2D eigenvalue weighted by atomic mass is 10.2. The molecule has 0 atom stereocenters. The molecule has 0 unspecified atom stereocenters. The number of ether oxygens (including phenoxy) is 2. The Bertz CT molecular complexity index is 708. The minimum absolute atomic E-state index is 0.200. The number of benzene rings is 2. The number of halogens is 2. The summed E-state index contributed by atoms with van der Waals surface area (Å²) in [6, 6.07) is 10.6. The molecule has 0 aliphatic rings. The van der Waals surface area contributed by atoms with Gasteiger partial charge in [-0.1, -0.05) is 29.3 Å². The van der Waals surface area contributed by atoms with Crippen LogP contribution in [-0.4, -0.2) is 19.6 Å². The molecular formula is C16H16Cl2N2O3. The van der Waals surface area contributed by atoms with E-state index in [2.05, 4.69) is 5.32 Å². The van der Waals surface area contributed by atoms with E-state index in [9.17, 15) is 4.79 Å². The molecule has 0 spiro atoms. The van der Waals surface area contributed by atoms with Gasteiger partial charge in [0.15, 0.2) is 18.1 Å². The van der Waals surface area contributed by atoms with E-state index in [-0.39, 0.29) is 6.61 Å². The smallest absolute Gasteiger partial charge is 0.255 e. The molecule has 7 heteroatoms. The highest BCUT2D eigenvalue weighted by Gasteiger charge is 2.08. The van der Waals surface area contributed by atoms with Crippen molar-refractivity contribution in [2.24, 2.45) is 5.73 Å². The molecule has 0 heterocycles. The van der Waals surface area contributed by atoms with Crippen LogP contribution in [0.15, 0.2) is 36.4 Å². The van der Waals surface area contributed by atoms with Crippen molar-refractivity contribution in [2.75, 3.05) is 19.0 Å². The Morgan fingerprint density at radius 1 is 1.17 bits per heavy atom. The topological polar surface area (TPSA) is 73.6 Å². The lowest BCUT2D eigenvalue weighted by molar-refractivity contribution is -0.119. The normalized spacial score (nSPS) is 10.2. The van der Waals surface area contributed by atoms with E-state index in [1.165, 1.54) is 7.11 Å². The van der Waals surface area contributed by atoms with Gasteiger partial charge in [0.25, 0.3) is 5.91 Å². The van der Waals surface area contributed by atoms with Gasteiger partial charge in [0.05, 0.1) is 17.8 Å². The minimum Gasteiger partial charge on any atom is -0.493 e. The standard InChI is InChI=1S/C16H16Cl2N2O3/c1-22-15-6-10(2-5-14(15)23-9-16(19)21)8-20-13-4-3-11(17)7-12(13)18/h2-7,20H,8-9H2,1H3,(H2,19,21). The lowest BCUT2D eigenvalue weighted by Gasteiger charge is -2.13. The highest BCUT2D eigenvalue weighted by Crippen LogP contribution is 2.29. The fraction of sp³-hybridized carbons (Fsp3) is 0.188. The Morgan fingerprint density at radius 2 is 1.96 bits per heavy atom. The van der Waals surface area contributed by atoms with Crippen LogP contribution in [0.3, 0.4) is 0 Å². The molecule has 0 aliphatic carbocycles. The monoisotopic (exact) mass is 354 g/mol. The average Bonchev–Trinajstić information content (AvgIpc) is 2.52. The SMILES string of the molecule is COc1cc(CNc2ccc(Cl)cc2Cl)ccc1OCC(N)=O. The first-order valence-corrected chi connectivity index (χ1v) is 7.52. The quantitative estimate of drug-likeness (QED) is 0.798. The van der Waals surface area contributed by atoms with Gasteiger partial charge in [-0.3, -0.25) is 4.79 Å². The summed E-state index contributed by atoms with van der Waals surface area (Å²) in [6.45, 7) is 0.335. The predicted molar refractivity (Wildman–Crippen MR) is 91.5 cm³/mol. The molecule has 0 saturated carbocycles. The van der Waals surface area contributed by atoms with Gasteiger partial charge in [-0.05, 0) is 35.9 Å². The van der Waals surface area contributed by atoms with Gasteiger partial charge in [-0.25, -0.2) is 0 Å². The summed E-state index contributed by atoms with van der Waals surface area (Å²) in [6.07, 6.45) is 0. The molecule has 0 radical (unpaired) electrons. The van der Waals surface area contributed by atoms with E-state index in [0.29, 0.717) is 28.1 Å². The number of anilines is 1. The van der Waals surface area contributed by atoms with E-state index >= 15 is 0 Å². The fourth-order valence-electron chi connectivity index (χ4n) is 1.92. The maximum absolute atomic E-state index is 10.8. The van der Waals surface area contributed by atoms with Crippen LogP contribution in [0.1, 0.15) is 5.56 Å². The van der Waals surface area contributed by atoms with Gasteiger partial charge in [-0.2, -0.15) is 0 Å². The van der Waals surface area contributed by atoms with Crippen molar-refractivity contribution < 1.29 is 14.3 Å². The number of methoxy groups -OCH3 is 1. The molecule has 0 aromatic heterocycles. The second kappa shape index (κ2) is 7.94. The molecule has 2 rings (SSSR count). The van der Waals surface area contributed by atoms with Gasteiger partial charge in [0.2, 0.25) is 0 Å². The number of hydrogen-bond acceptors (Lipinski definition) is 4. The number of carbonyl (C=O) groups excluding carboxylic acids is 1. The largest absolute Gasteiger partial charge is 0.493 e. The molecule has 3 N–H and O–H groups in total. The van der Waals surface area contributed by atoms with E-state index in [1.54, 1.807) is 18.2 Å². The van der Waals surface area contributed by atoms with Crippen LogP contribution in [0.4, 0.5) is 5.69 Å². The van der Waals surface area contributed by atoms with Gasteiger partial charge < -0.3 is 20.5 Å². The summed E-state index contributed by atoms with van der Waals surface area (Å²) in [5, 5.41) is 4.35. The summed E-state index contributed by atoms with van der Waals surface area (Å²) >= 11 is 12.0. The summed E-state index contributed by atoms with van der Waals surface area (Å²) in [5.41, 5.74) is 6.80. The number of carbonyl (C=O) groups is 1. The van der Waals surface area contributed by atoms with Crippen LogP contribution < -0.4 is 20.5 Å². The first-order chi connectivity index (χ1) is 11.0. The number of primary amides is 1. The summed E-state index contributed by atoms with van der Waals surface area (Å²) in [7, 11) is 1.53. The molecule has 1 amide bonds. The number of hydrogen-bond donors (Lipinski definition) is 2.